The number of urea groups is 1. The first-order chi connectivity index (χ1) is 9.97. The van der Waals surface area contributed by atoms with Crippen molar-refractivity contribution < 1.29 is 9.90 Å². The van der Waals surface area contributed by atoms with Gasteiger partial charge >= 0.3 is 6.03 Å². The molecular weight excluding hydrogens is 266 g/mol. The summed E-state index contributed by atoms with van der Waals surface area (Å²) in [5, 5.41) is 15.7. The minimum Gasteiger partial charge on any atom is -0.388 e. The second-order valence-electron chi connectivity index (χ2n) is 5.75. The summed E-state index contributed by atoms with van der Waals surface area (Å²) in [4.78, 5) is 14.1. The lowest BCUT2D eigenvalue weighted by molar-refractivity contribution is 0.0354. The fraction of sp³-hybridized carbons (Fsp3) is 0.562. The minimum absolute atomic E-state index is 0.261. The molecule has 1 aromatic rings. The van der Waals surface area contributed by atoms with Gasteiger partial charge in [0, 0.05) is 31.5 Å². The van der Waals surface area contributed by atoms with E-state index in [1.54, 1.807) is 0 Å². The van der Waals surface area contributed by atoms with E-state index in [2.05, 4.69) is 28.6 Å². The standard InChI is InChI=1S/C16H25N3O2/c1-4-16(21,5-2)11-17-15(20)18-13-7-6-12-8-9-19(3)14(12)10-13/h6-7,10,21H,4-5,8-9,11H2,1-3H3,(H2,17,18,20). The van der Waals surface area contributed by atoms with Gasteiger partial charge in [-0.05, 0) is 37.0 Å². The highest BCUT2D eigenvalue weighted by Gasteiger charge is 2.23. The van der Waals surface area contributed by atoms with Crippen molar-refractivity contribution in [3.63, 3.8) is 0 Å². The van der Waals surface area contributed by atoms with Crippen molar-refractivity contribution >= 4 is 17.4 Å². The quantitative estimate of drug-likeness (QED) is 0.780. The van der Waals surface area contributed by atoms with Crippen molar-refractivity contribution in [1.82, 2.24) is 5.32 Å². The van der Waals surface area contributed by atoms with Gasteiger partial charge in [-0.15, -0.1) is 0 Å². The van der Waals surface area contributed by atoms with Crippen LogP contribution in [0, 0.1) is 0 Å². The zero-order valence-electron chi connectivity index (χ0n) is 13.1. The molecule has 0 saturated heterocycles. The molecule has 1 heterocycles. The molecule has 0 atom stereocenters. The smallest absolute Gasteiger partial charge is 0.319 e. The van der Waals surface area contributed by atoms with E-state index in [0.717, 1.165) is 18.7 Å². The Bertz CT molecular complexity index is 512. The average molecular weight is 291 g/mol. The number of likely N-dealkylation sites (N-methyl/N-ethyl adjacent to an activating group) is 1. The fourth-order valence-electron chi connectivity index (χ4n) is 2.54. The predicted octanol–water partition coefficient (Wildman–Crippen LogP) is 2.35. The van der Waals surface area contributed by atoms with Gasteiger partial charge in [-0.3, -0.25) is 0 Å². The summed E-state index contributed by atoms with van der Waals surface area (Å²) in [5.41, 5.74) is 2.44. The molecule has 2 rings (SSSR count). The molecule has 3 N–H and O–H groups in total. The van der Waals surface area contributed by atoms with Crippen LogP contribution in [0.1, 0.15) is 32.3 Å². The Labute approximate surface area is 126 Å². The van der Waals surface area contributed by atoms with Crippen molar-refractivity contribution in [3.8, 4) is 0 Å². The molecule has 21 heavy (non-hydrogen) atoms. The Hall–Kier alpha value is -1.75. The van der Waals surface area contributed by atoms with E-state index in [9.17, 15) is 9.90 Å². The number of carbonyl (C=O) groups excluding carboxylic acids is 1. The topological polar surface area (TPSA) is 64.6 Å². The molecule has 5 heteroatoms. The van der Waals surface area contributed by atoms with E-state index < -0.39 is 5.60 Å². The van der Waals surface area contributed by atoms with Crippen LogP contribution in [0.15, 0.2) is 18.2 Å². The molecule has 0 aliphatic carbocycles. The number of nitrogens with zero attached hydrogens (tertiary/aromatic N) is 1. The number of amides is 2. The monoisotopic (exact) mass is 291 g/mol. The molecule has 2 amide bonds. The molecule has 0 fully saturated rings. The van der Waals surface area contributed by atoms with E-state index in [0.29, 0.717) is 12.8 Å². The van der Waals surface area contributed by atoms with Crippen LogP contribution in [0.5, 0.6) is 0 Å². The normalized spacial score (nSPS) is 14.0. The van der Waals surface area contributed by atoms with E-state index in [1.165, 1.54) is 11.3 Å². The zero-order valence-corrected chi connectivity index (χ0v) is 13.1. The van der Waals surface area contributed by atoms with Gasteiger partial charge in [0.25, 0.3) is 0 Å². The third kappa shape index (κ3) is 3.67. The van der Waals surface area contributed by atoms with Gasteiger partial charge in [-0.2, -0.15) is 0 Å². The molecule has 0 aromatic heterocycles. The highest BCUT2D eigenvalue weighted by Crippen LogP contribution is 2.29. The van der Waals surface area contributed by atoms with E-state index in [4.69, 9.17) is 0 Å². The number of aliphatic hydroxyl groups is 1. The molecular formula is C16H25N3O2. The van der Waals surface area contributed by atoms with Gasteiger partial charge in [-0.25, -0.2) is 4.79 Å². The second-order valence-corrected chi connectivity index (χ2v) is 5.75. The summed E-state index contributed by atoms with van der Waals surface area (Å²) >= 11 is 0. The maximum atomic E-state index is 11.9. The molecule has 1 aliphatic rings. The lowest BCUT2D eigenvalue weighted by atomic mass is 9.98. The molecule has 0 spiro atoms. The largest absolute Gasteiger partial charge is 0.388 e. The number of hydrogen-bond donors (Lipinski definition) is 3. The van der Waals surface area contributed by atoms with Crippen LogP contribution in [0.4, 0.5) is 16.2 Å². The Morgan fingerprint density at radius 3 is 2.76 bits per heavy atom. The molecule has 0 saturated carbocycles. The number of rotatable bonds is 5. The van der Waals surface area contributed by atoms with E-state index in [1.807, 2.05) is 26.0 Å². The Morgan fingerprint density at radius 2 is 2.10 bits per heavy atom. The lowest BCUT2D eigenvalue weighted by Crippen LogP contribution is -2.43. The predicted molar refractivity (Wildman–Crippen MR) is 86.0 cm³/mol. The number of fused-ring (bicyclic) bond motifs is 1. The van der Waals surface area contributed by atoms with E-state index in [-0.39, 0.29) is 12.6 Å². The summed E-state index contributed by atoms with van der Waals surface area (Å²) in [5.74, 6) is 0. The van der Waals surface area contributed by atoms with Gasteiger partial charge in [0.05, 0.1) is 5.60 Å². The molecule has 1 aromatic carbocycles. The highest BCUT2D eigenvalue weighted by molar-refractivity contribution is 5.90. The molecule has 116 valence electrons. The van der Waals surface area contributed by atoms with Crippen LogP contribution in [0.2, 0.25) is 0 Å². The van der Waals surface area contributed by atoms with Gasteiger partial charge < -0.3 is 20.6 Å². The summed E-state index contributed by atoms with van der Waals surface area (Å²) in [6, 6.07) is 5.69. The Kier molecular flexibility index (Phi) is 4.73. The van der Waals surface area contributed by atoms with Crippen LogP contribution in [0.3, 0.4) is 0 Å². The van der Waals surface area contributed by atoms with Gasteiger partial charge in [0.15, 0.2) is 0 Å². The molecule has 1 aliphatic heterocycles. The number of hydrogen-bond acceptors (Lipinski definition) is 3. The summed E-state index contributed by atoms with van der Waals surface area (Å²) < 4.78 is 0. The van der Waals surface area contributed by atoms with Gasteiger partial charge in [0.2, 0.25) is 0 Å². The SMILES string of the molecule is CCC(O)(CC)CNC(=O)Nc1ccc2c(c1)N(C)CC2. The first kappa shape index (κ1) is 15.6. The van der Waals surface area contributed by atoms with Crippen molar-refractivity contribution in [2.24, 2.45) is 0 Å². The zero-order chi connectivity index (χ0) is 15.5. The second kappa shape index (κ2) is 6.35. The van der Waals surface area contributed by atoms with E-state index >= 15 is 0 Å². The lowest BCUT2D eigenvalue weighted by Gasteiger charge is -2.25. The molecule has 0 unspecified atom stereocenters. The summed E-state index contributed by atoms with van der Waals surface area (Å²) in [6.45, 7) is 5.11. The van der Waals surface area contributed by atoms with Crippen molar-refractivity contribution in [2.45, 2.75) is 38.7 Å². The molecule has 0 bridgehead atoms. The van der Waals surface area contributed by atoms with Crippen LogP contribution in [-0.2, 0) is 6.42 Å². The van der Waals surface area contributed by atoms with Gasteiger partial charge in [-0.1, -0.05) is 19.9 Å². The van der Waals surface area contributed by atoms with Crippen molar-refractivity contribution in [1.29, 1.82) is 0 Å². The first-order valence-corrected chi connectivity index (χ1v) is 7.58. The van der Waals surface area contributed by atoms with Crippen LogP contribution in [-0.4, -0.2) is 36.9 Å². The van der Waals surface area contributed by atoms with Crippen molar-refractivity contribution in [2.75, 3.05) is 30.4 Å². The molecule has 0 radical (unpaired) electrons. The summed E-state index contributed by atoms with van der Waals surface area (Å²) in [6.07, 6.45) is 2.29. The minimum atomic E-state index is -0.824. The third-order valence-corrected chi connectivity index (χ3v) is 4.37. The first-order valence-electron chi connectivity index (χ1n) is 7.58. The van der Waals surface area contributed by atoms with Crippen LogP contribution in [0.25, 0.3) is 0 Å². The third-order valence-electron chi connectivity index (χ3n) is 4.37. The molecule has 5 nitrogen and oxygen atoms in total. The van der Waals surface area contributed by atoms with Crippen molar-refractivity contribution in [3.05, 3.63) is 23.8 Å². The maximum Gasteiger partial charge on any atom is 0.319 e. The number of nitrogens with one attached hydrogen (secondary N) is 2. The van der Waals surface area contributed by atoms with Gasteiger partial charge in [0.1, 0.15) is 0 Å². The maximum absolute atomic E-state index is 11.9. The summed E-state index contributed by atoms with van der Waals surface area (Å²) in [7, 11) is 2.05. The fourth-order valence-corrected chi connectivity index (χ4v) is 2.54. The van der Waals surface area contributed by atoms with Crippen LogP contribution >= 0.6 is 0 Å². The number of anilines is 2. The average Bonchev–Trinajstić information content (AvgIpc) is 2.86. The Balaban J connectivity index is 1.93. The number of carbonyl (C=O) groups is 1. The van der Waals surface area contributed by atoms with Crippen LogP contribution < -0.4 is 15.5 Å². The highest BCUT2D eigenvalue weighted by atomic mass is 16.3. The number of benzene rings is 1. The Morgan fingerprint density at radius 1 is 1.38 bits per heavy atom.